The number of nitrogens with one attached hydrogen (secondary N) is 2. The van der Waals surface area contributed by atoms with Crippen molar-refractivity contribution >= 4 is 17.6 Å². The quantitative estimate of drug-likeness (QED) is 0.430. The predicted molar refractivity (Wildman–Crippen MR) is 116 cm³/mol. The molecule has 2 aliphatic heterocycles. The SMILES string of the molecule is CCNC(=NCC(=O)N1CCc2ccccc21)NCCCN1CCCCC1C. The average Bonchev–Trinajstić information content (AvgIpc) is 3.14. The van der Waals surface area contributed by atoms with E-state index in [1.807, 2.05) is 30.0 Å². The van der Waals surface area contributed by atoms with Gasteiger partial charge in [-0.15, -0.1) is 0 Å². The van der Waals surface area contributed by atoms with Gasteiger partial charge in [0.15, 0.2) is 5.96 Å². The third-order valence-corrected chi connectivity index (χ3v) is 5.76. The maximum Gasteiger partial charge on any atom is 0.248 e. The second kappa shape index (κ2) is 10.5. The van der Waals surface area contributed by atoms with Crippen LogP contribution in [0.3, 0.4) is 0 Å². The van der Waals surface area contributed by atoms with E-state index in [0.717, 1.165) is 50.7 Å². The molecule has 2 N–H and O–H groups in total. The van der Waals surface area contributed by atoms with Gasteiger partial charge in [-0.3, -0.25) is 4.79 Å². The summed E-state index contributed by atoms with van der Waals surface area (Å²) in [5, 5.41) is 6.63. The maximum atomic E-state index is 12.6. The number of aliphatic imine (C=N–C) groups is 1. The molecule has 0 radical (unpaired) electrons. The molecule has 1 aromatic carbocycles. The molecule has 1 amide bonds. The number of benzene rings is 1. The fourth-order valence-corrected chi connectivity index (χ4v) is 4.15. The van der Waals surface area contributed by atoms with E-state index in [9.17, 15) is 4.79 Å². The lowest BCUT2D eigenvalue weighted by Gasteiger charge is -2.33. The number of para-hydroxylation sites is 1. The largest absolute Gasteiger partial charge is 0.357 e. The standard InChI is InChI=1S/C22H35N5O/c1-3-23-22(24-13-8-15-26-14-7-6-9-18(26)2)25-17-21(28)27-16-12-19-10-4-5-11-20(19)27/h4-5,10-11,18H,3,6-9,12-17H2,1-2H3,(H2,23,24,25). The minimum absolute atomic E-state index is 0.0595. The van der Waals surface area contributed by atoms with Gasteiger partial charge in [0.25, 0.3) is 0 Å². The number of fused-ring (bicyclic) bond motifs is 1. The van der Waals surface area contributed by atoms with Crippen LogP contribution in [0.1, 0.15) is 45.1 Å². The molecule has 1 fully saturated rings. The second-order valence-corrected chi connectivity index (χ2v) is 7.78. The molecule has 1 saturated heterocycles. The van der Waals surface area contributed by atoms with Gasteiger partial charge in [-0.25, -0.2) is 4.99 Å². The highest BCUT2D eigenvalue weighted by Gasteiger charge is 2.23. The molecule has 1 unspecified atom stereocenters. The summed E-state index contributed by atoms with van der Waals surface area (Å²) in [4.78, 5) is 21.6. The van der Waals surface area contributed by atoms with Gasteiger partial charge in [0.05, 0.1) is 0 Å². The number of carbonyl (C=O) groups is 1. The fourth-order valence-electron chi connectivity index (χ4n) is 4.15. The van der Waals surface area contributed by atoms with E-state index in [2.05, 4.69) is 33.5 Å². The minimum atomic E-state index is 0.0595. The molecule has 0 aromatic heterocycles. The van der Waals surface area contributed by atoms with E-state index in [1.54, 1.807) is 0 Å². The normalized spacial score (nSPS) is 20.1. The van der Waals surface area contributed by atoms with Crippen LogP contribution in [0.15, 0.2) is 29.3 Å². The number of likely N-dealkylation sites (tertiary alicyclic amines) is 1. The molecular formula is C22H35N5O. The Kier molecular flexibility index (Phi) is 7.71. The smallest absolute Gasteiger partial charge is 0.248 e. The number of rotatable bonds is 7. The molecule has 28 heavy (non-hydrogen) atoms. The lowest BCUT2D eigenvalue weighted by molar-refractivity contribution is -0.117. The van der Waals surface area contributed by atoms with Gasteiger partial charge >= 0.3 is 0 Å². The number of anilines is 1. The molecule has 2 aliphatic rings. The van der Waals surface area contributed by atoms with E-state index >= 15 is 0 Å². The molecule has 0 bridgehead atoms. The highest BCUT2D eigenvalue weighted by molar-refractivity contribution is 5.98. The van der Waals surface area contributed by atoms with E-state index < -0.39 is 0 Å². The van der Waals surface area contributed by atoms with Crippen molar-refractivity contribution in [2.75, 3.05) is 44.2 Å². The highest BCUT2D eigenvalue weighted by atomic mass is 16.2. The van der Waals surface area contributed by atoms with Gasteiger partial charge in [-0.2, -0.15) is 0 Å². The molecule has 0 saturated carbocycles. The van der Waals surface area contributed by atoms with E-state index in [4.69, 9.17) is 0 Å². The lowest BCUT2D eigenvalue weighted by atomic mass is 10.0. The zero-order valence-electron chi connectivity index (χ0n) is 17.4. The Morgan fingerprint density at radius 1 is 1.21 bits per heavy atom. The molecule has 1 aromatic rings. The Bertz CT molecular complexity index is 675. The number of nitrogens with zero attached hydrogens (tertiary/aromatic N) is 3. The first-order valence-electron chi connectivity index (χ1n) is 10.8. The summed E-state index contributed by atoms with van der Waals surface area (Å²) in [7, 11) is 0. The van der Waals surface area contributed by atoms with Gasteiger partial charge in [0.2, 0.25) is 5.91 Å². The fraction of sp³-hybridized carbons (Fsp3) is 0.636. The van der Waals surface area contributed by atoms with Crippen LogP contribution in [0.25, 0.3) is 0 Å². The number of hydrogen-bond donors (Lipinski definition) is 2. The van der Waals surface area contributed by atoms with Crippen molar-refractivity contribution in [3.8, 4) is 0 Å². The van der Waals surface area contributed by atoms with E-state index in [1.165, 1.54) is 31.4 Å². The Balaban J connectivity index is 1.45. The summed E-state index contributed by atoms with van der Waals surface area (Å²) in [6, 6.07) is 8.85. The lowest BCUT2D eigenvalue weighted by Crippen LogP contribution is -2.42. The van der Waals surface area contributed by atoms with Crippen molar-refractivity contribution < 1.29 is 4.79 Å². The second-order valence-electron chi connectivity index (χ2n) is 7.78. The van der Waals surface area contributed by atoms with Crippen molar-refractivity contribution in [3.63, 3.8) is 0 Å². The third-order valence-electron chi connectivity index (χ3n) is 5.76. The van der Waals surface area contributed by atoms with Crippen LogP contribution < -0.4 is 15.5 Å². The summed E-state index contributed by atoms with van der Waals surface area (Å²) in [6.45, 7) is 9.31. The first-order valence-corrected chi connectivity index (χ1v) is 10.8. The van der Waals surface area contributed by atoms with Crippen molar-refractivity contribution in [1.29, 1.82) is 0 Å². The monoisotopic (exact) mass is 385 g/mol. The Morgan fingerprint density at radius 2 is 2.07 bits per heavy atom. The number of hydrogen-bond acceptors (Lipinski definition) is 3. The summed E-state index contributed by atoms with van der Waals surface area (Å²) >= 11 is 0. The topological polar surface area (TPSA) is 60.0 Å². The van der Waals surface area contributed by atoms with Gasteiger partial charge in [-0.05, 0) is 57.7 Å². The zero-order valence-corrected chi connectivity index (χ0v) is 17.4. The molecule has 3 rings (SSSR count). The number of piperidine rings is 1. The van der Waals surface area contributed by atoms with Crippen LogP contribution in [0.5, 0.6) is 0 Å². The molecule has 1 atom stereocenters. The van der Waals surface area contributed by atoms with E-state index in [-0.39, 0.29) is 12.5 Å². The van der Waals surface area contributed by atoms with Crippen LogP contribution in [0, 0.1) is 0 Å². The van der Waals surface area contributed by atoms with Crippen LogP contribution in [-0.4, -0.2) is 62.1 Å². The minimum Gasteiger partial charge on any atom is -0.357 e. The van der Waals surface area contributed by atoms with Crippen LogP contribution >= 0.6 is 0 Å². The van der Waals surface area contributed by atoms with Gasteiger partial charge in [0, 0.05) is 37.9 Å². The summed E-state index contributed by atoms with van der Waals surface area (Å²) in [5.74, 6) is 0.791. The number of amides is 1. The maximum absolute atomic E-state index is 12.6. The molecule has 2 heterocycles. The molecule has 6 nitrogen and oxygen atoms in total. The molecule has 0 aliphatic carbocycles. The zero-order chi connectivity index (χ0) is 19.8. The number of carbonyl (C=O) groups excluding carboxylic acids is 1. The summed E-state index contributed by atoms with van der Waals surface area (Å²) in [5.41, 5.74) is 2.29. The molecular weight excluding hydrogens is 350 g/mol. The summed E-state index contributed by atoms with van der Waals surface area (Å²) < 4.78 is 0. The summed E-state index contributed by atoms with van der Waals surface area (Å²) in [6.07, 6.45) is 6.02. The van der Waals surface area contributed by atoms with Gasteiger partial charge in [-0.1, -0.05) is 24.6 Å². The van der Waals surface area contributed by atoms with Crippen LogP contribution in [-0.2, 0) is 11.2 Å². The predicted octanol–water partition coefficient (Wildman–Crippen LogP) is 2.40. The average molecular weight is 386 g/mol. The highest BCUT2D eigenvalue weighted by Crippen LogP contribution is 2.27. The van der Waals surface area contributed by atoms with Crippen LogP contribution in [0.4, 0.5) is 5.69 Å². The number of guanidine groups is 1. The van der Waals surface area contributed by atoms with Gasteiger partial charge in [0.1, 0.15) is 6.54 Å². The molecule has 6 heteroatoms. The molecule has 0 spiro atoms. The van der Waals surface area contributed by atoms with Crippen molar-refractivity contribution in [1.82, 2.24) is 15.5 Å². The molecule has 154 valence electrons. The Hall–Kier alpha value is -2.08. The Labute approximate surface area is 169 Å². The first-order chi connectivity index (χ1) is 13.7. The van der Waals surface area contributed by atoms with E-state index in [0.29, 0.717) is 6.04 Å². The first kappa shape index (κ1) is 20.6. The Morgan fingerprint density at radius 3 is 2.89 bits per heavy atom. The van der Waals surface area contributed by atoms with Crippen molar-refractivity contribution in [2.24, 2.45) is 4.99 Å². The third kappa shape index (κ3) is 5.47. The van der Waals surface area contributed by atoms with Crippen LogP contribution in [0.2, 0.25) is 0 Å². The van der Waals surface area contributed by atoms with Gasteiger partial charge < -0.3 is 20.4 Å². The van der Waals surface area contributed by atoms with Crippen molar-refractivity contribution in [3.05, 3.63) is 29.8 Å². The van der Waals surface area contributed by atoms with Crippen molar-refractivity contribution in [2.45, 2.75) is 52.0 Å².